The number of allylic oxidation sites excluding steroid dienone is 23. The highest BCUT2D eigenvalue weighted by Gasteiger charge is 2.27. The Hall–Kier alpha value is -3.62. The molecule has 0 saturated carbocycles. The summed E-state index contributed by atoms with van der Waals surface area (Å²) in [5.74, 6) is -0.229. The Morgan fingerprint density at radius 1 is 0.461 bits per heavy atom. The van der Waals surface area contributed by atoms with Crippen LogP contribution in [0.4, 0.5) is 0 Å². The summed E-state index contributed by atoms with van der Waals surface area (Å²) in [6.07, 6.45) is 86.7. The molecule has 8 nitrogen and oxygen atoms in total. The number of aliphatic hydroxyl groups is 1. The Labute approximate surface area is 468 Å². The van der Waals surface area contributed by atoms with Crippen LogP contribution in [0.15, 0.2) is 146 Å². The molecule has 76 heavy (non-hydrogen) atoms. The van der Waals surface area contributed by atoms with E-state index in [0.717, 1.165) is 103 Å². The van der Waals surface area contributed by atoms with Crippen molar-refractivity contribution < 1.29 is 32.9 Å². The monoisotopic (exact) mass is 1070 g/mol. The molecule has 0 rings (SSSR count). The van der Waals surface area contributed by atoms with E-state index in [0.29, 0.717) is 23.9 Å². The smallest absolute Gasteiger partial charge is 0.387 e. The first kappa shape index (κ1) is 72.4. The van der Waals surface area contributed by atoms with Crippen molar-refractivity contribution in [1.82, 2.24) is 5.32 Å². The van der Waals surface area contributed by atoms with E-state index in [1.807, 2.05) is 27.2 Å². The number of rotatable bonds is 53. The van der Waals surface area contributed by atoms with Crippen LogP contribution in [0, 0.1) is 0 Å². The molecule has 0 aliphatic heterocycles. The van der Waals surface area contributed by atoms with Crippen LogP contribution in [0.1, 0.15) is 219 Å². The minimum atomic E-state index is -4.38. The Morgan fingerprint density at radius 2 is 0.803 bits per heavy atom. The van der Waals surface area contributed by atoms with Crippen molar-refractivity contribution in [3.05, 3.63) is 146 Å². The van der Waals surface area contributed by atoms with Crippen molar-refractivity contribution in [2.75, 3.05) is 40.9 Å². The molecule has 0 radical (unpaired) electrons. The molecular weight excluding hydrogens is 960 g/mol. The molecule has 0 saturated heterocycles. The summed E-state index contributed by atoms with van der Waals surface area (Å²) in [5.41, 5.74) is 0. The zero-order valence-corrected chi connectivity index (χ0v) is 50.1. The normalized spacial score (nSPS) is 14.9. The van der Waals surface area contributed by atoms with Crippen LogP contribution in [0.2, 0.25) is 0 Å². The van der Waals surface area contributed by atoms with Gasteiger partial charge in [-0.25, -0.2) is 4.57 Å². The summed E-state index contributed by atoms with van der Waals surface area (Å²) < 4.78 is 23.7. The van der Waals surface area contributed by atoms with Gasteiger partial charge in [-0.2, -0.15) is 0 Å². The number of unbranched alkanes of at least 4 members (excludes halogenated alkanes) is 18. The lowest BCUT2D eigenvalue weighted by Crippen LogP contribution is -2.45. The van der Waals surface area contributed by atoms with Crippen molar-refractivity contribution in [3.8, 4) is 0 Å². The maximum atomic E-state index is 13.0. The first-order valence-corrected chi connectivity index (χ1v) is 31.7. The predicted octanol–water partition coefficient (Wildman–Crippen LogP) is 18.9. The molecule has 0 aromatic carbocycles. The van der Waals surface area contributed by atoms with Gasteiger partial charge in [0, 0.05) is 6.42 Å². The van der Waals surface area contributed by atoms with Crippen LogP contribution in [-0.4, -0.2) is 73.4 Å². The van der Waals surface area contributed by atoms with Crippen molar-refractivity contribution >= 4 is 13.7 Å². The molecule has 0 bridgehead atoms. The van der Waals surface area contributed by atoms with Gasteiger partial charge in [-0.3, -0.25) is 13.8 Å². The lowest BCUT2D eigenvalue weighted by atomic mass is 10.0. The molecule has 0 aromatic rings. The molecule has 3 atom stereocenters. The Bertz CT molecular complexity index is 1740. The highest BCUT2D eigenvalue weighted by molar-refractivity contribution is 7.47. The number of carbonyl (C=O) groups excluding carboxylic acids is 1. The maximum Gasteiger partial charge on any atom is 0.472 e. The quantitative estimate of drug-likeness (QED) is 0.0243. The van der Waals surface area contributed by atoms with Gasteiger partial charge in [0.15, 0.2) is 0 Å². The van der Waals surface area contributed by atoms with Crippen molar-refractivity contribution in [2.24, 2.45) is 0 Å². The molecule has 0 aliphatic rings. The second-order valence-corrected chi connectivity index (χ2v) is 22.4. The third-order valence-electron chi connectivity index (χ3n) is 12.5. The molecule has 0 fully saturated rings. The first-order valence-electron chi connectivity index (χ1n) is 30.2. The predicted molar refractivity (Wildman–Crippen MR) is 331 cm³/mol. The van der Waals surface area contributed by atoms with Gasteiger partial charge in [0.1, 0.15) is 13.2 Å². The van der Waals surface area contributed by atoms with E-state index >= 15 is 0 Å². The summed E-state index contributed by atoms with van der Waals surface area (Å²) in [6.45, 7) is 4.63. The fraction of sp³-hybridized carbons (Fsp3) is 0.627. The summed E-state index contributed by atoms with van der Waals surface area (Å²) >= 11 is 0. The van der Waals surface area contributed by atoms with E-state index in [1.54, 1.807) is 6.08 Å². The van der Waals surface area contributed by atoms with Gasteiger partial charge < -0.3 is 19.8 Å². The molecule has 0 aromatic heterocycles. The van der Waals surface area contributed by atoms with E-state index in [-0.39, 0.29) is 19.1 Å². The minimum absolute atomic E-state index is 0.0381. The third-order valence-corrected chi connectivity index (χ3v) is 13.5. The van der Waals surface area contributed by atoms with Crippen LogP contribution in [0.3, 0.4) is 0 Å². The lowest BCUT2D eigenvalue weighted by Gasteiger charge is -2.25. The molecular formula is C67H114N2O6P+. The van der Waals surface area contributed by atoms with Gasteiger partial charge in [-0.1, -0.05) is 243 Å². The second-order valence-electron chi connectivity index (χ2n) is 21.0. The van der Waals surface area contributed by atoms with Crippen LogP contribution in [-0.2, 0) is 18.4 Å². The molecule has 0 spiro atoms. The average molecular weight is 1070 g/mol. The largest absolute Gasteiger partial charge is 0.472 e. The summed E-state index contributed by atoms with van der Waals surface area (Å²) in [5, 5.41) is 13.9. The number of nitrogens with zero attached hydrogens (tertiary/aromatic N) is 1. The van der Waals surface area contributed by atoms with Gasteiger partial charge in [-0.05, 0) is 116 Å². The summed E-state index contributed by atoms with van der Waals surface area (Å²) in [4.78, 5) is 23.3. The highest BCUT2D eigenvalue weighted by Crippen LogP contribution is 2.43. The van der Waals surface area contributed by atoms with Crippen molar-refractivity contribution in [3.63, 3.8) is 0 Å². The zero-order valence-electron chi connectivity index (χ0n) is 49.2. The van der Waals surface area contributed by atoms with Crippen LogP contribution in [0.5, 0.6) is 0 Å². The SMILES string of the molecule is CC/C=C\C/C=C\C/C=C\C/C=C\C/C=C\C/C=C\C/C=C\C/C=C\C/C=C\CCCCCC(=O)NC(COP(=O)(O)OCC[N+](C)(C)C)C(O)/C=C/CC/C=C/CC/C=C/CCCCCCCCCCCCCCC. The van der Waals surface area contributed by atoms with E-state index in [2.05, 4.69) is 153 Å². The standard InChI is InChI=1S/C67H113N2O6P/c1-6-8-10-12-14-16-18-20-22-24-26-28-30-31-32-33-34-35-36-37-39-41-43-45-47-49-51-53-55-57-59-61-67(71)68-65(64-75-76(72,73)74-63-62-69(3,4)5)66(70)60-58-56-54-52-50-48-46-44-42-40-38-29-27-25-23-21-19-17-15-13-11-9-7-2/h8,10,14,16,20,22,26,28,31-32,34-35,37,39,42-45,49-52,58,60,65-66,70H,6-7,9,11-13,15,17-19,21,23-25,27,29-30,33,36,38,40-41,46-48,53-57,59,61-64H2,1-5H3,(H-,68,71,72,73)/p+1/b10-8-,16-14-,22-20-,28-26-,32-31-,35-34-,39-37-,44-42+,45-43-,51-49-,52-50+,60-58+. The number of aliphatic hydroxyl groups excluding tert-OH is 1. The van der Waals surface area contributed by atoms with Gasteiger partial charge in [0.05, 0.1) is 39.9 Å². The fourth-order valence-corrected chi connectivity index (χ4v) is 8.57. The maximum absolute atomic E-state index is 13.0. The topological polar surface area (TPSA) is 105 Å². The molecule has 9 heteroatoms. The van der Waals surface area contributed by atoms with Crippen LogP contribution in [0.25, 0.3) is 0 Å². The minimum Gasteiger partial charge on any atom is -0.387 e. The van der Waals surface area contributed by atoms with Gasteiger partial charge in [-0.15, -0.1) is 0 Å². The summed E-state index contributed by atoms with van der Waals surface area (Å²) in [6, 6.07) is -0.901. The number of likely N-dealkylation sites (N-methyl/N-ethyl adjacent to an activating group) is 1. The molecule has 432 valence electrons. The average Bonchev–Trinajstić information content (AvgIpc) is 3.38. The molecule has 3 N–H and O–H groups in total. The molecule has 1 amide bonds. The van der Waals surface area contributed by atoms with Crippen molar-refractivity contribution in [2.45, 2.75) is 231 Å². The van der Waals surface area contributed by atoms with E-state index in [4.69, 9.17) is 9.05 Å². The van der Waals surface area contributed by atoms with Gasteiger partial charge >= 0.3 is 7.82 Å². The number of phosphoric ester groups is 1. The van der Waals surface area contributed by atoms with Gasteiger partial charge in [0.2, 0.25) is 5.91 Å². The van der Waals surface area contributed by atoms with Crippen LogP contribution >= 0.6 is 7.82 Å². The van der Waals surface area contributed by atoms with E-state index in [9.17, 15) is 19.4 Å². The Morgan fingerprint density at radius 3 is 1.21 bits per heavy atom. The number of nitrogens with one attached hydrogen (secondary N) is 1. The fourth-order valence-electron chi connectivity index (χ4n) is 7.83. The number of phosphoric acid groups is 1. The van der Waals surface area contributed by atoms with E-state index in [1.165, 1.54) is 89.9 Å². The number of hydrogen-bond donors (Lipinski definition) is 3. The molecule has 0 heterocycles. The summed E-state index contributed by atoms with van der Waals surface area (Å²) in [7, 11) is 1.50. The van der Waals surface area contributed by atoms with Crippen molar-refractivity contribution in [1.29, 1.82) is 0 Å². The Balaban J connectivity index is 4.39. The molecule has 3 unspecified atom stereocenters. The van der Waals surface area contributed by atoms with Gasteiger partial charge in [0.25, 0.3) is 0 Å². The lowest BCUT2D eigenvalue weighted by molar-refractivity contribution is -0.870. The number of carbonyl (C=O) groups is 1. The third kappa shape index (κ3) is 58.1. The Kier molecular flexibility index (Phi) is 53.4. The zero-order chi connectivity index (χ0) is 55.6. The van der Waals surface area contributed by atoms with E-state index < -0.39 is 20.0 Å². The van der Waals surface area contributed by atoms with Crippen LogP contribution < -0.4 is 5.32 Å². The number of hydrogen-bond acceptors (Lipinski definition) is 5. The number of quaternary nitrogens is 1. The second kappa shape index (κ2) is 56.1. The number of amides is 1. The highest BCUT2D eigenvalue weighted by atomic mass is 31.2. The first-order chi connectivity index (χ1) is 37.0. The molecule has 0 aliphatic carbocycles.